The van der Waals surface area contributed by atoms with Gasteiger partial charge in [-0.25, -0.2) is 0 Å². The van der Waals surface area contributed by atoms with E-state index in [1.807, 2.05) is 6.07 Å². The zero-order valence-electron chi connectivity index (χ0n) is 10.2. The van der Waals surface area contributed by atoms with Crippen molar-refractivity contribution in [2.24, 2.45) is 0 Å². The van der Waals surface area contributed by atoms with E-state index in [-0.39, 0.29) is 25.5 Å². The van der Waals surface area contributed by atoms with Crippen LogP contribution in [0.25, 0.3) is 0 Å². The number of methoxy groups -OCH3 is 1. The Morgan fingerprint density at radius 1 is 1.50 bits per heavy atom. The summed E-state index contributed by atoms with van der Waals surface area (Å²) in [5.41, 5.74) is 1.39. The summed E-state index contributed by atoms with van der Waals surface area (Å²) in [5, 5.41) is 20.6. The third kappa shape index (κ3) is 4.95. The lowest BCUT2D eigenvalue weighted by Gasteiger charge is -2.10. The molecule has 18 heavy (non-hydrogen) atoms. The van der Waals surface area contributed by atoms with Crippen molar-refractivity contribution in [1.82, 2.24) is 5.32 Å². The SMILES string of the molecule is COCC(O)CNC(=O)Cc1ccc(C#N)cc1. The highest BCUT2D eigenvalue weighted by Crippen LogP contribution is 2.03. The fourth-order valence-corrected chi connectivity index (χ4v) is 1.43. The quantitative estimate of drug-likeness (QED) is 0.754. The molecule has 0 spiro atoms. The predicted molar refractivity (Wildman–Crippen MR) is 65.8 cm³/mol. The van der Waals surface area contributed by atoms with Crippen LogP contribution in [0.3, 0.4) is 0 Å². The second-order valence-electron chi connectivity index (χ2n) is 3.90. The van der Waals surface area contributed by atoms with Crippen molar-refractivity contribution >= 4 is 5.91 Å². The molecule has 0 saturated carbocycles. The number of carbonyl (C=O) groups is 1. The average Bonchev–Trinajstić information content (AvgIpc) is 2.38. The molecule has 0 fully saturated rings. The number of hydrogen-bond acceptors (Lipinski definition) is 4. The number of aliphatic hydroxyl groups excluding tert-OH is 1. The summed E-state index contributed by atoms with van der Waals surface area (Å²) in [6.07, 6.45) is -0.467. The Bertz CT molecular complexity index is 423. The van der Waals surface area contributed by atoms with Gasteiger partial charge in [0.25, 0.3) is 0 Å². The maximum absolute atomic E-state index is 11.5. The van der Waals surface area contributed by atoms with Gasteiger partial charge in [-0.05, 0) is 17.7 Å². The molecule has 0 heterocycles. The van der Waals surface area contributed by atoms with Crippen molar-refractivity contribution in [1.29, 1.82) is 5.26 Å². The topological polar surface area (TPSA) is 82.3 Å². The maximum atomic E-state index is 11.5. The molecular formula is C13H16N2O3. The molecule has 1 amide bonds. The molecular weight excluding hydrogens is 232 g/mol. The molecule has 1 aromatic carbocycles. The van der Waals surface area contributed by atoms with Crippen LogP contribution in [0.4, 0.5) is 0 Å². The molecule has 1 aromatic rings. The molecule has 1 unspecified atom stereocenters. The van der Waals surface area contributed by atoms with Crippen molar-refractivity contribution in [3.63, 3.8) is 0 Å². The van der Waals surface area contributed by atoms with E-state index >= 15 is 0 Å². The molecule has 2 N–H and O–H groups in total. The number of nitrogens with zero attached hydrogens (tertiary/aromatic N) is 1. The van der Waals surface area contributed by atoms with E-state index in [0.29, 0.717) is 5.56 Å². The van der Waals surface area contributed by atoms with E-state index < -0.39 is 6.10 Å². The van der Waals surface area contributed by atoms with Crippen LogP contribution in [0.2, 0.25) is 0 Å². The lowest BCUT2D eigenvalue weighted by atomic mass is 10.1. The summed E-state index contributed by atoms with van der Waals surface area (Å²) in [4.78, 5) is 11.5. The number of ether oxygens (including phenoxy) is 1. The molecule has 0 aliphatic heterocycles. The van der Waals surface area contributed by atoms with Crippen LogP contribution in [0, 0.1) is 11.3 Å². The van der Waals surface area contributed by atoms with Gasteiger partial charge in [-0.3, -0.25) is 4.79 Å². The Morgan fingerprint density at radius 3 is 2.72 bits per heavy atom. The average molecular weight is 248 g/mol. The Morgan fingerprint density at radius 2 is 2.17 bits per heavy atom. The van der Waals surface area contributed by atoms with Gasteiger partial charge in [0.1, 0.15) is 0 Å². The summed E-state index contributed by atoms with van der Waals surface area (Å²) < 4.78 is 4.75. The number of hydrogen-bond donors (Lipinski definition) is 2. The second-order valence-corrected chi connectivity index (χ2v) is 3.90. The van der Waals surface area contributed by atoms with Gasteiger partial charge < -0.3 is 15.2 Å². The predicted octanol–water partition coefficient (Wildman–Crippen LogP) is 0.224. The molecule has 1 atom stereocenters. The minimum absolute atomic E-state index is 0.170. The van der Waals surface area contributed by atoms with E-state index in [1.54, 1.807) is 24.3 Å². The summed E-state index contributed by atoms with van der Waals surface area (Å²) in [7, 11) is 1.49. The molecule has 0 saturated heterocycles. The summed E-state index contributed by atoms with van der Waals surface area (Å²) in [5.74, 6) is -0.171. The minimum atomic E-state index is -0.695. The normalized spacial score (nSPS) is 11.6. The molecule has 96 valence electrons. The number of amides is 1. The highest BCUT2D eigenvalue weighted by atomic mass is 16.5. The third-order valence-electron chi connectivity index (χ3n) is 2.34. The third-order valence-corrected chi connectivity index (χ3v) is 2.34. The molecule has 0 aliphatic rings. The molecule has 5 heteroatoms. The molecule has 1 rings (SSSR count). The maximum Gasteiger partial charge on any atom is 0.224 e. The van der Waals surface area contributed by atoms with Crippen molar-refractivity contribution in [2.45, 2.75) is 12.5 Å². The van der Waals surface area contributed by atoms with E-state index in [1.165, 1.54) is 7.11 Å². The molecule has 5 nitrogen and oxygen atoms in total. The first kappa shape index (κ1) is 14.2. The van der Waals surface area contributed by atoms with Gasteiger partial charge in [-0.1, -0.05) is 12.1 Å². The van der Waals surface area contributed by atoms with Gasteiger partial charge in [-0.15, -0.1) is 0 Å². The zero-order chi connectivity index (χ0) is 13.4. The Labute approximate surface area is 106 Å². The van der Waals surface area contributed by atoms with Crippen LogP contribution in [0.15, 0.2) is 24.3 Å². The zero-order valence-corrected chi connectivity index (χ0v) is 10.2. The molecule has 0 bridgehead atoms. The van der Waals surface area contributed by atoms with Crippen LogP contribution in [-0.4, -0.2) is 37.4 Å². The number of nitriles is 1. The standard InChI is InChI=1S/C13H16N2O3/c1-18-9-12(16)8-15-13(17)6-10-2-4-11(7-14)5-3-10/h2-5,12,16H,6,8-9H2,1H3,(H,15,17). The number of benzene rings is 1. The molecule has 0 aliphatic carbocycles. The van der Waals surface area contributed by atoms with Crippen molar-refractivity contribution in [3.8, 4) is 6.07 Å². The van der Waals surface area contributed by atoms with E-state index in [2.05, 4.69) is 5.32 Å². The van der Waals surface area contributed by atoms with E-state index in [9.17, 15) is 9.90 Å². The Balaban J connectivity index is 2.37. The van der Waals surface area contributed by atoms with Gasteiger partial charge in [0.05, 0.1) is 30.8 Å². The summed E-state index contributed by atoms with van der Waals surface area (Å²) in [6, 6.07) is 8.83. The number of rotatable bonds is 6. The second kappa shape index (κ2) is 7.43. The van der Waals surface area contributed by atoms with Gasteiger partial charge in [0.15, 0.2) is 0 Å². The van der Waals surface area contributed by atoms with Crippen LogP contribution < -0.4 is 5.32 Å². The van der Waals surface area contributed by atoms with Crippen LogP contribution in [0.5, 0.6) is 0 Å². The number of carbonyl (C=O) groups excluding carboxylic acids is 1. The van der Waals surface area contributed by atoms with Gasteiger partial charge in [0.2, 0.25) is 5.91 Å². The van der Waals surface area contributed by atoms with Crippen molar-refractivity contribution in [2.75, 3.05) is 20.3 Å². The minimum Gasteiger partial charge on any atom is -0.389 e. The van der Waals surface area contributed by atoms with E-state index in [0.717, 1.165) is 5.56 Å². The highest BCUT2D eigenvalue weighted by Gasteiger charge is 2.07. The van der Waals surface area contributed by atoms with Gasteiger partial charge in [0, 0.05) is 13.7 Å². The number of nitrogens with one attached hydrogen (secondary N) is 1. The summed E-state index contributed by atoms with van der Waals surface area (Å²) in [6.45, 7) is 0.361. The van der Waals surface area contributed by atoms with Crippen LogP contribution in [-0.2, 0) is 16.0 Å². The highest BCUT2D eigenvalue weighted by molar-refractivity contribution is 5.78. The van der Waals surface area contributed by atoms with Crippen LogP contribution in [0.1, 0.15) is 11.1 Å². The fraction of sp³-hybridized carbons (Fsp3) is 0.385. The largest absolute Gasteiger partial charge is 0.389 e. The first-order valence-electron chi connectivity index (χ1n) is 5.58. The van der Waals surface area contributed by atoms with Crippen molar-refractivity contribution in [3.05, 3.63) is 35.4 Å². The first-order chi connectivity index (χ1) is 8.65. The summed E-state index contributed by atoms with van der Waals surface area (Å²) >= 11 is 0. The van der Waals surface area contributed by atoms with Gasteiger partial charge in [-0.2, -0.15) is 5.26 Å². The monoisotopic (exact) mass is 248 g/mol. The lowest BCUT2D eigenvalue weighted by molar-refractivity contribution is -0.121. The Hall–Kier alpha value is -1.90. The van der Waals surface area contributed by atoms with Crippen LogP contribution >= 0.6 is 0 Å². The van der Waals surface area contributed by atoms with Crippen molar-refractivity contribution < 1.29 is 14.6 Å². The molecule has 0 aromatic heterocycles. The Kier molecular flexibility index (Phi) is 5.85. The molecule has 0 radical (unpaired) electrons. The number of aliphatic hydroxyl groups is 1. The first-order valence-corrected chi connectivity index (χ1v) is 5.58. The van der Waals surface area contributed by atoms with E-state index in [4.69, 9.17) is 10.00 Å². The lowest BCUT2D eigenvalue weighted by Crippen LogP contribution is -2.35. The fourth-order valence-electron chi connectivity index (χ4n) is 1.43. The van der Waals surface area contributed by atoms with Gasteiger partial charge >= 0.3 is 0 Å². The smallest absolute Gasteiger partial charge is 0.224 e.